The zero-order chi connectivity index (χ0) is 20.1. The molecule has 6 nitrogen and oxygen atoms in total. The summed E-state index contributed by atoms with van der Waals surface area (Å²) in [4.78, 5) is 17.6. The average Bonchev–Trinajstić information content (AvgIpc) is 2.69. The number of Topliss-reactive ketones (excluding diaryl/α,β-unsaturated/α-hetero) is 1. The van der Waals surface area contributed by atoms with E-state index in [1.54, 1.807) is 31.5 Å². The van der Waals surface area contributed by atoms with Crippen LogP contribution in [-0.2, 0) is 5.60 Å². The lowest BCUT2D eigenvalue weighted by molar-refractivity contribution is -0.0820. The fraction of sp³-hybridized carbons (Fsp3) is 0.455. The van der Waals surface area contributed by atoms with Crippen LogP contribution in [0.2, 0.25) is 0 Å². The highest BCUT2D eigenvalue weighted by atomic mass is 16.5. The molecule has 1 unspecified atom stereocenters. The van der Waals surface area contributed by atoms with E-state index in [1.807, 2.05) is 30.0 Å². The van der Waals surface area contributed by atoms with Crippen LogP contribution < -0.4 is 4.74 Å². The Kier molecular flexibility index (Phi) is 6.44. The molecule has 0 bridgehead atoms. The van der Waals surface area contributed by atoms with E-state index in [1.165, 1.54) is 0 Å². The lowest BCUT2D eigenvalue weighted by Gasteiger charge is -2.40. The van der Waals surface area contributed by atoms with Gasteiger partial charge in [0.2, 0.25) is 0 Å². The van der Waals surface area contributed by atoms with Crippen molar-refractivity contribution in [3.63, 3.8) is 0 Å². The number of hydrogen-bond acceptors (Lipinski definition) is 6. The standard InChI is InChI=1S/C22H28N2O4/c1-16-14-19(5-6-20(16)17(2)25)28-13-7-21(26)24-11-8-22(27,9-12-24)18-4-3-10-23-15-18/h3-6,10,14-15,21,26-27H,7-9,11-13H2,1-2H3. The summed E-state index contributed by atoms with van der Waals surface area (Å²) in [6.07, 6.45) is 4.37. The fourth-order valence-corrected chi connectivity index (χ4v) is 3.70. The Morgan fingerprint density at radius 1 is 1.32 bits per heavy atom. The maximum atomic E-state index is 11.5. The number of likely N-dealkylation sites (tertiary alicyclic amines) is 1. The van der Waals surface area contributed by atoms with Crippen molar-refractivity contribution in [2.75, 3.05) is 19.7 Å². The molecule has 0 spiro atoms. The molecule has 3 rings (SSSR count). The Labute approximate surface area is 165 Å². The maximum Gasteiger partial charge on any atom is 0.160 e. The summed E-state index contributed by atoms with van der Waals surface area (Å²) in [6.45, 7) is 5.03. The second-order valence-corrected chi connectivity index (χ2v) is 7.46. The van der Waals surface area contributed by atoms with E-state index >= 15 is 0 Å². The maximum absolute atomic E-state index is 11.5. The lowest BCUT2D eigenvalue weighted by Crippen LogP contribution is -2.47. The van der Waals surface area contributed by atoms with Crippen molar-refractivity contribution in [1.29, 1.82) is 0 Å². The van der Waals surface area contributed by atoms with Crippen LogP contribution in [0.3, 0.4) is 0 Å². The van der Waals surface area contributed by atoms with E-state index in [-0.39, 0.29) is 5.78 Å². The first kappa shape index (κ1) is 20.5. The molecule has 1 aliphatic heterocycles. The molecular weight excluding hydrogens is 356 g/mol. The van der Waals surface area contributed by atoms with E-state index in [9.17, 15) is 15.0 Å². The molecule has 1 aliphatic rings. The van der Waals surface area contributed by atoms with Gasteiger partial charge >= 0.3 is 0 Å². The number of aryl methyl sites for hydroxylation is 1. The number of aliphatic hydroxyl groups excluding tert-OH is 1. The van der Waals surface area contributed by atoms with E-state index in [4.69, 9.17) is 4.74 Å². The van der Waals surface area contributed by atoms with Crippen LogP contribution in [0.5, 0.6) is 5.75 Å². The molecule has 150 valence electrons. The number of aromatic nitrogens is 1. The monoisotopic (exact) mass is 384 g/mol. The van der Waals surface area contributed by atoms with Gasteiger partial charge < -0.3 is 14.9 Å². The first-order valence-electron chi connectivity index (χ1n) is 9.68. The van der Waals surface area contributed by atoms with Crippen molar-refractivity contribution in [3.8, 4) is 5.75 Å². The molecule has 0 radical (unpaired) electrons. The van der Waals surface area contributed by atoms with Gasteiger partial charge in [-0.25, -0.2) is 0 Å². The van der Waals surface area contributed by atoms with Crippen LogP contribution >= 0.6 is 0 Å². The van der Waals surface area contributed by atoms with Gasteiger partial charge in [0, 0.05) is 43.0 Å². The number of ketones is 1. The Balaban J connectivity index is 1.47. The van der Waals surface area contributed by atoms with E-state index in [2.05, 4.69) is 4.98 Å². The highest BCUT2D eigenvalue weighted by Gasteiger charge is 2.35. The smallest absolute Gasteiger partial charge is 0.160 e. The number of piperidine rings is 1. The highest BCUT2D eigenvalue weighted by molar-refractivity contribution is 5.95. The zero-order valence-corrected chi connectivity index (χ0v) is 16.5. The largest absolute Gasteiger partial charge is 0.493 e. The third-order valence-corrected chi connectivity index (χ3v) is 5.47. The van der Waals surface area contributed by atoms with E-state index in [0.29, 0.717) is 50.3 Å². The number of carbonyl (C=O) groups excluding carboxylic acids is 1. The SMILES string of the molecule is CC(=O)c1ccc(OCCC(O)N2CCC(O)(c3cccnc3)CC2)cc1C. The van der Waals surface area contributed by atoms with Gasteiger partial charge in [-0.2, -0.15) is 0 Å². The van der Waals surface area contributed by atoms with E-state index < -0.39 is 11.8 Å². The van der Waals surface area contributed by atoms with Crippen molar-refractivity contribution >= 4 is 5.78 Å². The molecule has 0 saturated carbocycles. The van der Waals surface area contributed by atoms with E-state index in [0.717, 1.165) is 11.1 Å². The quantitative estimate of drug-likeness (QED) is 0.714. The summed E-state index contributed by atoms with van der Waals surface area (Å²) in [5.74, 6) is 0.732. The molecule has 2 N–H and O–H groups in total. The van der Waals surface area contributed by atoms with Crippen LogP contribution in [0.4, 0.5) is 0 Å². The van der Waals surface area contributed by atoms with Crippen molar-refractivity contribution in [2.24, 2.45) is 0 Å². The minimum Gasteiger partial charge on any atom is -0.493 e. The number of pyridine rings is 1. The van der Waals surface area contributed by atoms with Crippen molar-refractivity contribution in [3.05, 3.63) is 59.4 Å². The molecule has 0 amide bonds. The second kappa shape index (κ2) is 8.82. The normalized spacial score (nSPS) is 17.9. The minimum atomic E-state index is -0.878. The van der Waals surface area contributed by atoms with Gasteiger partial charge in [0.1, 0.15) is 12.0 Å². The summed E-state index contributed by atoms with van der Waals surface area (Å²) in [7, 11) is 0. The summed E-state index contributed by atoms with van der Waals surface area (Å²) in [6, 6.07) is 9.12. The molecule has 28 heavy (non-hydrogen) atoms. The summed E-state index contributed by atoms with van der Waals surface area (Å²) in [5.41, 5.74) is 1.53. The Hall–Kier alpha value is -2.28. The number of benzene rings is 1. The Morgan fingerprint density at radius 2 is 2.07 bits per heavy atom. The van der Waals surface area contributed by atoms with Crippen LogP contribution in [0.15, 0.2) is 42.7 Å². The van der Waals surface area contributed by atoms with Gasteiger partial charge in [0.15, 0.2) is 5.78 Å². The predicted molar refractivity (Wildman–Crippen MR) is 106 cm³/mol. The first-order chi connectivity index (χ1) is 13.4. The predicted octanol–water partition coefficient (Wildman–Crippen LogP) is 2.66. The van der Waals surface area contributed by atoms with Crippen molar-refractivity contribution in [2.45, 2.75) is 44.9 Å². The third kappa shape index (κ3) is 4.76. The molecule has 6 heteroatoms. The summed E-state index contributed by atoms with van der Waals surface area (Å²) >= 11 is 0. The van der Waals surface area contributed by atoms with Gasteiger partial charge in [-0.3, -0.25) is 14.7 Å². The molecule has 1 saturated heterocycles. The summed E-state index contributed by atoms with van der Waals surface area (Å²) in [5, 5.41) is 21.3. The van der Waals surface area contributed by atoms with Crippen molar-refractivity contribution in [1.82, 2.24) is 9.88 Å². The number of nitrogens with zero attached hydrogens (tertiary/aromatic N) is 2. The highest BCUT2D eigenvalue weighted by Crippen LogP contribution is 2.33. The van der Waals surface area contributed by atoms with Crippen LogP contribution in [0.1, 0.15) is 47.7 Å². The molecule has 2 heterocycles. The molecule has 1 fully saturated rings. The minimum absolute atomic E-state index is 0.0378. The lowest BCUT2D eigenvalue weighted by atomic mass is 9.85. The van der Waals surface area contributed by atoms with Gasteiger partial charge in [-0.1, -0.05) is 6.07 Å². The number of hydrogen-bond donors (Lipinski definition) is 2. The number of carbonyl (C=O) groups is 1. The number of aliphatic hydroxyl groups is 2. The fourth-order valence-electron chi connectivity index (χ4n) is 3.70. The van der Waals surface area contributed by atoms with Crippen LogP contribution in [-0.4, -0.2) is 51.8 Å². The summed E-state index contributed by atoms with van der Waals surface area (Å²) < 4.78 is 5.74. The average molecular weight is 384 g/mol. The second-order valence-electron chi connectivity index (χ2n) is 7.46. The van der Waals surface area contributed by atoms with Gasteiger partial charge in [0.25, 0.3) is 0 Å². The molecule has 2 aromatic rings. The van der Waals surface area contributed by atoms with Crippen LogP contribution in [0.25, 0.3) is 0 Å². The van der Waals surface area contributed by atoms with Crippen LogP contribution in [0, 0.1) is 6.92 Å². The van der Waals surface area contributed by atoms with Gasteiger partial charge in [-0.05, 0) is 56.5 Å². The first-order valence-corrected chi connectivity index (χ1v) is 9.68. The number of rotatable bonds is 7. The third-order valence-electron chi connectivity index (χ3n) is 5.47. The molecule has 0 aliphatic carbocycles. The number of ether oxygens (including phenoxy) is 1. The zero-order valence-electron chi connectivity index (χ0n) is 16.5. The Morgan fingerprint density at radius 3 is 2.68 bits per heavy atom. The topological polar surface area (TPSA) is 82.9 Å². The van der Waals surface area contributed by atoms with Gasteiger partial charge in [-0.15, -0.1) is 0 Å². The molecular formula is C22H28N2O4. The Bertz CT molecular complexity index is 801. The van der Waals surface area contributed by atoms with Crippen molar-refractivity contribution < 1.29 is 19.7 Å². The molecule has 1 aromatic carbocycles. The van der Waals surface area contributed by atoms with Gasteiger partial charge in [0.05, 0.1) is 12.2 Å². The molecule has 1 atom stereocenters. The molecule has 1 aromatic heterocycles.